The van der Waals surface area contributed by atoms with Gasteiger partial charge in [-0.2, -0.15) is 0 Å². The highest BCUT2D eigenvalue weighted by Crippen LogP contribution is 2.22. The number of nitrogens with zero attached hydrogens (tertiary/aromatic N) is 1. The minimum atomic E-state index is 0.305. The topological polar surface area (TPSA) is 35.5 Å². The second-order valence-corrected chi connectivity index (χ2v) is 4.92. The van der Waals surface area contributed by atoms with Gasteiger partial charge in [0, 0.05) is 32.0 Å². The van der Waals surface area contributed by atoms with Crippen LogP contribution in [0.15, 0.2) is 42.5 Å². The highest BCUT2D eigenvalue weighted by molar-refractivity contribution is 5.59. The van der Waals surface area contributed by atoms with E-state index in [9.17, 15) is 5.11 Å². The normalized spacial score (nSPS) is 10.3. The largest absolute Gasteiger partial charge is 0.508 e. The molecule has 2 rings (SSSR count). The molecule has 0 radical (unpaired) electrons. The number of phenols is 1. The summed E-state index contributed by atoms with van der Waals surface area (Å²) in [6, 6.07) is 13.7. The molecule has 100 valence electrons. The Hall–Kier alpha value is -2.16. The van der Waals surface area contributed by atoms with Crippen LogP contribution in [0.4, 0.5) is 11.4 Å². The summed E-state index contributed by atoms with van der Waals surface area (Å²) >= 11 is 0. The smallest absolute Gasteiger partial charge is 0.115 e. The second-order valence-electron chi connectivity index (χ2n) is 4.92. The third-order valence-electron chi connectivity index (χ3n) is 3.12. The van der Waals surface area contributed by atoms with Crippen molar-refractivity contribution in [3.05, 3.63) is 53.6 Å². The molecule has 0 unspecified atom stereocenters. The lowest BCUT2D eigenvalue weighted by Crippen LogP contribution is -2.09. The van der Waals surface area contributed by atoms with Crippen molar-refractivity contribution in [3.8, 4) is 5.75 Å². The monoisotopic (exact) mass is 256 g/mol. The molecule has 19 heavy (non-hydrogen) atoms. The summed E-state index contributed by atoms with van der Waals surface area (Å²) in [6.07, 6.45) is 0. The van der Waals surface area contributed by atoms with Crippen LogP contribution in [-0.2, 0) is 6.54 Å². The summed E-state index contributed by atoms with van der Waals surface area (Å²) in [5.74, 6) is 0.305. The first-order valence-corrected chi connectivity index (χ1v) is 6.36. The highest BCUT2D eigenvalue weighted by Gasteiger charge is 2.02. The molecule has 0 fully saturated rings. The van der Waals surface area contributed by atoms with Crippen molar-refractivity contribution in [1.82, 2.24) is 0 Å². The van der Waals surface area contributed by atoms with Gasteiger partial charge < -0.3 is 15.3 Å². The van der Waals surface area contributed by atoms with Crippen LogP contribution < -0.4 is 10.2 Å². The van der Waals surface area contributed by atoms with E-state index in [2.05, 4.69) is 35.3 Å². The van der Waals surface area contributed by atoms with Crippen LogP contribution in [-0.4, -0.2) is 19.2 Å². The first-order valence-electron chi connectivity index (χ1n) is 6.36. The van der Waals surface area contributed by atoms with Gasteiger partial charge in [0.25, 0.3) is 0 Å². The molecule has 0 bridgehead atoms. The van der Waals surface area contributed by atoms with Crippen LogP contribution in [0, 0.1) is 6.92 Å². The molecular formula is C16H20N2O. The van der Waals surface area contributed by atoms with Crippen LogP contribution in [0.3, 0.4) is 0 Å². The zero-order valence-electron chi connectivity index (χ0n) is 11.6. The van der Waals surface area contributed by atoms with E-state index < -0.39 is 0 Å². The molecule has 0 aromatic heterocycles. The van der Waals surface area contributed by atoms with Crippen molar-refractivity contribution in [2.24, 2.45) is 0 Å². The second kappa shape index (κ2) is 5.65. The number of phenolic OH excluding ortho intramolecular Hbond substituents is 1. The Morgan fingerprint density at radius 2 is 1.89 bits per heavy atom. The molecule has 0 heterocycles. The van der Waals surface area contributed by atoms with Crippen molar-refractivity contribution in [1.29, 1.82) is 0 Å². The van der Waals surface area contributed by atoms with E-state index in [0.29, 0.717) is 12.3 Å². The lowest BCUT2D eigenvalue weighted by atomic mass is 10.1. The molecule has 2 aromatic rings. The number of hydrogen-bond acceptors (Lipinski definition) is 3. The zero-order chi connectivity index (χ0) is 13.8. The van der Waals surface area contributed by atoms with Gasteiger partial charge in [-0.1, -0.05) is 12.1 Å². The van der Waals surface area contributed by atoms with E-state index in [-0.39, 0.29) is 0 Å². The quantitative estimate of drug-likeness (QED) is 0.880. The number of aryl methyl sites for hydroxylation is 1. The van der Waals surface area contributed by atoms with E-state index >= 15 is 0 Å². The number of rotatable bonds is 4. The summed E-state index contributed by atoms with van der Waals surface area (Å²) in [7, 11) is 4.07. The van der Waals surface area contributed by atoms with E-state index in [1.807, 2.05) is 26.2 Å². The van der Waals surface area contributed by atoms with Crippen molar-refractivity contribution >= 4 is 11.4 Å². The van der Waals surface area contributed by atoms with Crippen LogP contribution in [0.5, 0.6) is 5.75 Å². The average molecular weight is 256 g/mol. The van der Waals surface area contributed by atoms with Crippen LogP contribution >= 0.6 is 0 Å². The minimum absolute atomic E-state index is 0.305. The third-order valence-corrected chi connectivity index (χ3v) is 3.12. The van der Waals surface area contributed by atoms with Gasteiger partial charge in [0.15, 0.2) is 0 Å². The summed E-state index contributed by atoms with van der Waals surface area (Å²) in [4.78, 5) is 2.09. The first-order chi connectivity index (χ1) is 9.06. The maximum atomic E-state index is 9.43. The van der Waals surface area contributed by atoms with E-state index in [1.54, 1.807) is 12.1 Å². The molecule has 2 N–H and O–H groups in total. The summed E-state index contributed by atoms with van der Waals surface area (Å²) < 4.78 is 0. The van der Waals surface area contributed by atoms with Gasteiger partial charge >= 0.3 is 0 Å². The Morgan fingerprint density at radius 3 is 2.53 bits per heavy atom. The molecule has 0 atom stereocenters. The first kappa shape index (κ1) is 13.3. The lowest BCUT2D eigenvalue weighted by molar-refractivity contribution is 0.474. The highest BCUT2D eigenvalue weighted by atomic mass is 16.3. The van der Waals surface area contributed by atoms with Gasteiger partial charge in [-0.3, -0.25) is 0 Å². The van der Waals surface area contributed by atoms with Gasteiger partial charge in [0.1, 0.15) is 5.75 Å². The molecular weight excluding hydrogens is 236 g/mol. The molecule has 0 spiro atoms. The molecule has 0 aliphatic heterocycles. The predicted molar refractivity (Wildman–Crippen MR) is 80.9 cm³/mol. The van der Waals surface area contributed by atoms with E-state index in [0.717, 1.165) is 11.3 Å². The van der Waals surface area contributed by atoms with Crippen molar-refractivity contribution in [3.63, 3.8) is 0 Å². The van der Waals surface area contributed by atoms with E-state index in [4.69, 9.17) is 0 Å². The van der Waals surface area contributed by atoms with E-state index in [1.165, 1.54) is 11.3 Å². The molecule has 0 saturated heterocycles. The summed E-state index contributed by atoms with van der Waals surface area (Å²) in [5, 5.41) is 12.8. The molecule has 3 nitrogen and oxygen atoms in total. The van der Waals surface area contributed by atoms with Crippen LogP contribution in [0.25, 0.3) is 0 Å². The Labute approximate surface area is 114 Å². The number of nitrogens with one attached hydrogen (secondary N) is 1. The summed E-state index contributed by atoms with van der Waals surface area (Å²) in [5.41, 5.74) is 4.59. The molecule has 0 aliphatic rings. The van der Waals surface area contributed by atoms with Crippen molar-refractivity contribution in [2.45, 2.75) is 13.5 Å². The molecule has 2 aromatic carbocycles. The molecule has 0 aliphatic carbocycles. The zero-order valence-corrected chi connectivity index (χ0v) is 11.6. The lowest BCUT2D eigenvalue weighted by Gasteiger charge is -2.16. The maximum Gasteiger partial charge on any atom is 0.115 e. The standard InChI is InChI=1S/C16H20N2O/c1-12-9-14(18(2)3)7-8-16(12)17-11-13-5-4-6-15(19)10-13/h4-10,17,19H,11H2,1-3H3. The number of benzene rings is 2. The Kier molecular flexibility index (Phi) is 3.95. The van der Waals surface area contributed by atoms with Gasteiger partial charge in [-0.15, -0.1) is 0 Å². The fraction of sp³-hybridized carbons (Fsp3) is 0.250. The van der Waals surface area contributed by atoms with Crippen molar-refractivity contribution in [2.75, 3.05) is 24.3 Å². The van der Waals surface area contributed by atoms with Crippen LogP contribution in [0.1, 0.15) is 11.1 Å². The Bertz CT molecular complexity index is 564. The fourth-order valence-electron chi connectivity index (χ4n) is 1.99. The minimum Gasteiger partial charge on any atom is -0.508 e. The van der Waals surface area contributed by atoms with Crippen molar-refractivity contribution < 1.29 is 5.11 Å². The predicted octanol–water partition coefficient (Wildman–Crippen LogP) is 3.38. The third kappa shape index (κ3) is 3.41. The molecule has 3 heteroatoms. The molecule has 0 saturated carbocycles. The maximum absolute atomic E-state index is 9.43. The van der Waals surface area contributed by atoms with Crippen LogP contribution in [0.2, 0.25) is 0 Å². The SMILES string of the molecule is Cc1cc(N(C)C)ccc1NCc1cccc(O)c1. The number of anilines is 2. The molecule has 0 amide bonds. The number of aromatic hydroxyl groups is 1. The fourth-order valence-corrected chi connectivity index (χ4v) is 1.99. The van der Waals surface area contributed by atoms with Gasteiger partial charge in [-0.25, -0.2) is 0 Å². The van der Waals surface area contributed by atoms with Gasteiger partial charge in [-0.05, 0) is 48.4 Å². The summed E-state index contributed by atoms with van der Waals surface area (Å²) in [6.45, 7) is 2.80. The Balaban J connectivity index is 2.07. The Morgan fingerprint density at radius 1 is 1.11 bits per heavy atom. The average Bonchev–Trinajstić information content (AvgIpc) is 2.37. The van der Waals surface area contributed by atoms with Gasteiger partial charge in [0.05, 0.1) is 0 Å². The number of hydrogen-bond donors (Lipinski definition) is 2. The van der Waals surface area contributed by atoms with Gasteiger partial charge in [0.2, 0.25) is 0 Å².